The zero-order chi connectivity index (χ0) is 100. The van der Waals surface area contributed by atoms with E-state index in [9.17, 15) is 0 Å². The molecule has 10 aromatic rings. The van der Waals surface area contributed by atoms with Crippen molar-refractivity contribution in [2.24, 2.45) is 0 Å². The van der Waals surface area contributed by atoms with Crippen LogP contribution in [0.15, 0.2) is 0 Å². The maximum Gasteiger partial charge on any atom is 0.231 e. The number of nitrogens with zero attached hydrogens (tertiary/aromatic N) is 38. The first kappa shape index (κ1) is 116. The van der Waals surface area contributed by atoms with Gasteiger partial charge in [-0.05, 0) is 52.4 Å². The first-order chi connectivity index (χ1) is 62.9. The van der Waals surface area contributed by atoms with Crippen molar-refractivity contribution in [3.8, 4) is 0 Å². The summed E-state index contributed by atoms with van der Waals surface area (Å²) >= 11 is 0. The monoisotopic (exact) mass is 1860 g/mol. The van der Waals surface area contributed by atoms with Crippen LogP contribution in [0.1, 0.15) is 171 Å². The summed E-state index contributed by atoms with van der Waals surface area (Å²) in [7, 11) is 23.0. The minimum Gasteiger partial charge on any atom is -0.368 e. The minimum absolute atomic E-state index is 0.133. The molecular formula is C75H148N58. The molecule has 10 aromatic heterocycles. The molecule has 0 radical (unpaired) electrons. The van der Waals surface area contributed by atoms with Crippen LogP contribution in [0.5, 0.6) is 0 Å². The molecule has 36 N–H and O–H groups in total. The fourth-order valence-electron chi connectivity index (χ4n) is 9.32. The summed E-state index contributed by atoms with van der Waals surface area (Å²) in [5.74, 6) is 11.0. The maximum atomic E-state index is 5.48. The SMILES string of the molecule is CC(C)c1nc(N(C)C)nc(N(C)C)n1.CCCCCN(C)c1nc(N)nc(N)n1.CCCCCNc1nc(N)nc(N)n1.CCCCN(C)c1nc(N)nc(N)n1.CCCCNc1nc(N)nc(N)n1.CCCN(C)c1nc(N)nc(N)n1.CCCNc1nc(N)nc(N)n1.CCN(C)c1nc(N)nc(N)n1.CCNc1nc(N)nc(N)n1.CCc1nc(N(C)C)nc(N(C)C)n1. The Morgan fingerprint density at radius 1 is 0.218 bits per heavy atom. The van der Waals surface area contributed by atoms with E-state index in [0.29, 0.717) is 77.3 Å². The molecule has 10 heterocycles. The van der Waals surface area contributed by atoms with Crippen LogP contribution < -0.4 is 152 Å². The van der Waals surface area contributed by atoms with Gasteiger partial charge in [-0.3, -0.25) is 0 Å². The predicted octanol–water partition coefficient (Wildman–Crippen LogP) is 2.21. The Labute approximate surface area is 779 Å². The van der Waals surface area contributed by atoms with Crippen molar-refractivity contribution in [2.45, 2.75) is 166 Å². The predicted molar refractivity (Wildman–Crippen MR) is 537 cm³/mol. The van der Waals surface area contributed by atoms with E-state index in [1.165, 1.54) is 25.7 Å². The molecule has 0 atom stereocenters. The second-order valence-corrected chi connectivity index (χ2v) is 29.4. The zero-order valence-electron chi connectivity index (χ0n) is 81.7. The van der Waals surface area contributed by atoms with E-state index in [1.807, 2.05) is 151 Å². The second-order valence-electron chi connectivity index (χ2n) is 29.4. The lowest BCUT2D eigenvalue weighted by molar-refractivity contribution is 0.696. The van der Waals surface area contributed by atoms with Crippen LogP contribution in [-0.2, 0) is 6.42 Å². The number of hydrogen-bond acceptors (Lipinski definition) is 58. The quantitative estimate of drug-likeness (QED) is 0.0257. The van der Waals surface area contributed by atoms with Gasteiger partial charge in [0.1, 0.15) is 11.6 Å². The molecule has 0 aliphatic carbocycles. The third-order valence-electron chi connectivity index (χ3n) is 16.1. The molecular weight excluding hydrogens is 1710 g/mol. The summed E-state index contributed by atoms with van der Waals surface area (Å²) in [4.78, 5) is 133. The van der Waals surface area contributed by atoms with Gasteiger partial charge in [-0.2, -0.15) is 150 Å². The summed E-state index contributed by atoms with van der Waals surface area (Å²) in [6.45, 7) is 29.4. The van der Waals surface area contributed by atoms with Crippen molar-refractivity contribution >= 4 is 167 Å². The Bertz CT molecular complexity index is 4620. The fourth-order valence-corrected chi connectivity index (χ4v) is 9.32. The van der Waals surface area contributed by atoms with Crippen molar-refractivity contribution in [2.75, 3.05) is 289 Å². The van der Waals surface area contributed by atoms with Gasteiger partial charge in [0, 0.05) is 149 Å². The highest BCUT2D eigenvalue weighted by Gasteiger charge is 2.15. The van der Waals surface area contributed by atoms with Crippen LogP contribution in [0.25, 0.3) is 0 Å². The van der Waals surface area contributed by atoms with Crippen LogP contribution in [0, 0.1) is 0 Å². The number of aromatic nitrogens is 30. The van der Waals surface area contributed by atoms with Gasteiger partial charge in [-0.25, -0.2) is 0 Å². The van der Waals surface area contributed by atoms with Gasteiger partial charge in [0.15, 0.2) is 0 Å². The third-order valence-corrected chi connectivity index (χ3v) is 16.1. The van der Waals surface area contributed by atoms with Crippen molar-refractivity contribution in [3.05, 3.63) is 11.6 Å². The van der Waals surface area contributed by atoms with Crippen LogP contribution in [0.4, 0.5) is 167 Å². The highest BCUT2D eigenvalue weighted by Crippen LogP contribution is 2.19. The molecule has 0 unspecified atom stereocenters. The highest BCUT2D eigenvalue weighted by atomic mass is 15.4. The van der Waals surface area contributed by atoms with Gasteiger partial charge < -0.3 is 152 Å². The Balaban J connectivity index is 0.000000740. The summed E-state index contributed by atoms with van der Waals surface area (Å²) in [6, 6.07) is 0. The Kier molecular flexibility index (Phi) is 55.1. The number of hydrogen-bond donors (Lipinski definition) is 20. The van der Waals surface area contributed by atoms with E-state index in [1.54, 1.807) is 0 Å². The maximum absolute atomic E-state index is 5.48. The third kappa shape index (κ3) is 50.2. The lowest BCUT2D eigenvalue weighted by atomic mass is 10.2. The van der Waals surface area contributed by atoms with Crippen LogP contribution >= 0.6 is 0 Å². The van der Waals surface area contributed by atoms with Gasteiger partial charge in [0.25, 0.3) is 0 Å². The molecule has 58 heteroatoms. The van der Waals surface area contributed by atoms with Gasteiger partial charge in [0.05, 0.1) is 0 Å². The van der Waals surface area contributed by atoms with Crippen LogP contribution in [0.2, 0.25) is 0 Å². The average Bonchev–Trinajstić information content (AvgIpc) is 0.836. The number of rotatable bonds is 34. The van der Waals surface area contributed by atoms with Crippen LogP contribution in [-0.4, -0.2) is 286 Å². The first-order valence-electron chi connectivity index (χ1n) is 43.0. The number of nitrogens with one attached hydrogen (secondary N) is 4. The molecule has 133 heavy (non-hydrogen) atoms. The largest absolute Gasteiger partial charge is 0.368 e. The van der Waals surface area contributed by atoms with E-state index in [4.69, 9.17) is 91.7 Å². The van der Waals surface area contributed by atoms with Crippen molar-refractivity contribution < 1.29 is 0 Å². The molecule has 0 bridgehead atoms. The van der Waals surface area contributed by atoms with Gasteiger partial charge in [0.2, 0.25) is 167 Å². The van der Waals surface area contributed by atoms with Crippen molar-refractivity contribution in [1.82, 2.24) is 150 Å². The number of anilines is 28. The minimum atomic E-state index is 0.133. The summed E-state index contributed by atoms with van der Waals surface area (Å²) < 4.78 is 0. The average molecular weight is 1860 g/mol. The number of unbranched alkanes of at least 4 members (excludes halogenated alkanes) is 6. The Morgan fingerprint density at radius 3 is 0.722 bits per heavy atom. The molecule has 0 saturated carbocycles. The molecule has 738 valence electrons. The Hall–Kier alpha value is -15.5. The van der Waals surface area contributed by atoms with Crippen molar-refractivity contribution in [1.29, 1.82) is 0 Å². The lowest BCUT2D eigenvalue weighted by Crippen LogP contribution is -2.22. The number of nitrogens with two attached hydrogens (primary N) is 16. The zero-order valence-corrected chi connectivity index (χ0v) is 81.7. The van der Waals surface area contributed by atoms with E-state index in [0.717, 1.165) is 122 Å². The molecule has 0 aromatic carbocycles. The molecule has 0 amide bonds. The number of aryl methyl sites for hydroxylation is 1. The smallest absolute Gasteiger partial charge is 0.231 e. The number of nitrogen functional groups attached to an aromatic ring is 16. The molecule has 0 aliphatic rings. The molecule has 0 aliphatic heterocycles. The van der Waals surface area contributed by atoms with Crippen LogP contribution in [0.3, 0.4) is 0 Å². The molecule has 0 fully saturated rings. The Morgan fingerprint density at radius 2 is 0.466 bits per heavy atom. The summed E-state index contributed by atoms with van der Waals surface area (Å²) in [6.07, 6.45) is 14.2. The van der Waals surface area contributed by atoms with Gasteiger partial charge in [-0.15, -0.1) is 0 Å². The lowest BCUT2D eigenvalue weighted by Gasteiger charge is -2.17. The van der Waals surface area contributed by atoms with E-state index < -0.39 is 0 Å². The molecule has 0 saturated heterocycles. The molecule has 58 nitrogen and oxygen atoms in total. The topological polar surface area (TPSA) is 877 Å². The molecule has 10 rings (SSSR count). The van der Waals surface area contributed by atoms with Gasteiger partial charge in [-0.1, -0.05) is 101 Å². The van der Waals surface area contributed by atoms with E-state index in [2.05, 4.69) is 219 Å². The first-order valence-corrected chi connectivity index (χ1v) is 43.0. The second kappa shape index (κ2) is 63.5. The standard InChI is InChI=1S/C10H19N5.C9H18N6.C9H17N5.2C8H16N6.2C7H14N6.2C6H12N6.C5H10N6/c1-7(2)8-11-9(14(3)4)13-10(12-8)15(5)6;1-3-4-5-6-15(2)9-13-7(10)12-8(11)14-9;1-6-7-10-8(13(2)3)12-9(11-7)14(4)5;1-3-4-5-14(2)8-12-6(9)11-7(10)13-8;1-2-3-4-5-11-8-13-6(9)12-7(10)14-8;1-3-4-13(2)7-11-5(8)10-6(9)12-7;1-2-3-4-10-7-12-5(8)11-6(9)13-7;1-3-12(2)6-10-4(7)9-5(8)11-6;1-2-3-9-6-11-4(7)10-5(8)12-6;1-2-8-5-10-3(6)9-4(7)11-5/h7H,1-6H3;3-6H2,1-2H3,(H4,10,11,12,13,14);6H2,1-5H3;3-5H2,1-2H3,(H4,9,10,11,12,13);2-5H2,1H3,(H5,9,10,11,12,13,14);3-4H2,1-2H3,(H4,8,9,10,11,12);2-4H2,1H3,(H5,8,9,10,11,12,13);3H2,1-2H3,(H4,7,8,9,10,11);2-3H2,1H3,(H5,7,8,9,10,11,12);2H2,1H3,(H5,6,7,8,9,10,11). The summed E-state index contributed by atoms with van der Waals surface area (Å²) in [5.41, 5.74) is 86.4. The van der Waals surface area contributed by atoms with Crippen molar-refractivity contribution in [3.63, 3.8) is 0 Å². The van der Waals surface area contributed by atoms with E-state index >= 15 is 0 Å². The molecule has 0 spiro atoms. The van der Waals surface area contributed by atoms with E-state index in [-0.39, 0.29) is 95.2 Å². The fraction of sp³-hybridized carbons (Fsp3) is 0.600. The van der Waals surface area contributed by atoms with Gasteiger partial charge >= 0.3 is 0 Å². The summed E-state index contributed by atoms with van der Waals surface area (Å²) in [5, 5.41) is 11.9. The normalized spacial score (nSPS) is 10.0. The highest BCUT2D eigenvalue weighted by molar-refractivity contribution is 5.46.